The molecule has 128 valence electrons. The molecule has 3 nitrogen and oxygen atoms in total. The summed E-state index contributed by atoms with van der Waals surface area (Å²) >= 11 is 0. The molecule has 0 N–H and O–H groups in total. The first kappa shape index (κ1) is 26.0. The quantitative estimate of drug-likeness (QED) is 0.764. The summed E-state index contributed by atoms with van der Waals surface area (Å²) in [6.45, 7) is 12.2. The van der Waals surface area contributed by atoms with Gasteiger partial charge in [0.15, 0.2) is 0 Å². The van der Waals surface area contributed by atoms with Crippen LogP contribution in [0.2, 0.25) is 0 Å². The number of rotatable bonds is 2. The summed E-state index contributed by atoms with van der Waals surface area (Å²) in [5, 5.41) is 11.1. The van der Waals surface area contributed by atoms with E-state index in [-0.39, 0.29) is 69.5 Å². The van der Waals surface area contributed by atoms with Crippen molar-refractivity contribution in [3.63, 3.8) is 0 Å². The zero-order valence-electron chi connectivity index (χ0n) is 16.5. The van der Waals surface area contributed by atoms with E-state index < -0.39 is 0 Å². The molecule has 0 atom stereocenters. The molecule has 4 heteroatoms. The van der Waals surface area contributed by atoms with Gasteiger partial charge in [0.1, 0.15) is 0 Å². The predicted molar refractivity (Wildman–Crippen MR) is 97.1 cm³/mol. The molecule has 0 aliphatic rings. The molecular formula is C20H30NO2Rb. The zero-order chi connectivity index (χ0) is 18.0. The van der Waals surface area contributed by atoms with Crippen molar-refractivity contribution in [1.82, 2.24) is 4.57 Å². The average Bonchev–Trinajstić information content (AvgIpc) is 2.52. The van der Waals surface area contributed by atoms with E-state index in [9.17, 15) is 9.90 Å². The minimum Gasteiger partial charge on any atom is -0.872 e. The fraction of sp³-hybridized carbons (Fsp3) is 0.450. The monoisotopic (exact) mass is 401 g/mol. The maximum atomic E-state index is 11.1. The summed E-state index contributed by atoms with van der Waals surface area (Å²) in [4.78, 5) is 11.1. The molecule has 0 aliphatic carbocycles. The maximum Gasteiger partial charge on any atom is 1.00 e. The van der Waals surface area contributed by atoms with E-state index in [1.165, 1.54) is 0 Å². The van der Waals surface area contributed by atoms with Gasteiger partial charge in [-0.2, -0.15) is 0 Å². The van der Waals surface area contributed by atoms with Gasteiger partial charge in [-0.25, -0.2) is 0 Å². The Labute approximate surface area is 195 Å². The first-order chi connectivity index (χ1) is 10.8. The van der Waals surface area contributed by atoms with E-state index in [2.05, 4.69) is 13.8 Å². The summed E-state index contributed by atoms with van der Waals surface area (Å²) in [6.07, 6.45) is 0. The molecule has 1 aromatic heterocycles. The van der Waals surface area contributed by atoms with Gasteiger partial charge in [0, 0.05) is 18.8 Å². The summed E-state index contributed by atoms with van der Waals surface area (Å²) in [7, 11) is 1.80. The normalized spacial score (nSPS) is 9.38. The fourth-order valence-corrected chi connectivity index (χ4v) is 2.12. The van der Waals surface area contributed by atoms with Crippen LogP contribution in [-0.2, 0) is 7.05 Å². The molecule has 2 aromatic rings. The Morgan fingerprint density at radius 2 is 1.42 bits per heavy atom. The topological polar surface area (TPSA) is 45.1 Å². The smallest absolute Gasteiger partial charge is 0.872 e. The van der Waals surface area contributed by atoms with Crippen LogP contribution >= 0.6 is 0 Å². The third kappa shape index (κ3) is 8.75. The summed E-state index contributed by atoms with van der Waals surface area (Å²) in [6, 6.07) is 12.5. The van der Waals surface area contributed by atoms with Crippen molar-refractivity contribution < 1.29 is 63.3 Å². The number of hydrogen-bond donors (Lipinski definition) is 0. The van der Waals surface area contributed by atoms with Crippen LogP contribution in [0.25, 0.3) is 0 Å². The van der Waals surface area contributed by atoms with Gasteiger partial charge >= 0.3 is 58.2 Å². The number of para-hydroxylation sites is 1. The molecule has 1 aromatic carbocycles. The molecule has 0 spiro atoms. The maximum absolute atomic E-state index is 11.1. The standard InChI is InChI=1S/C9H13NO.C9H12O.C2H6.Rb/c1-7(2)8-5-4-6-9(11)10(8)3;1-7(2)8-5-3-4-6-9(8)10;1-2;/h4-7H,1-3H3;3-7,10H,1-2H3;1-2H3;/q;;;+1/p-1. The summed E-state index contributed by atoms with van der Waals surface area (Å²) in [5.74, 6) is 0.903. The van der Waals surface area contributed by atoms with Gasteiger partial charge in [-0.05, 0) is 17.9 Å². The number of benzene rings is 1. The van der Waals surface area contributed by atoms with Crippen LogP contribution in [0.3, 0.4) is 0 Å². The van der Waals surface area contributed by atoms with Gasteiger partial charge in [0.05, 0.1) is 0 Å². The second-order valence-corrected chi connectivity index (χ2v) is 5.70. The number of pyridine rings is 1. The molecule has 2 rings (SSSR count). The molecule has 0 amide bonds. The molecule has 0 bridgehead atoms. The minimum atomic E-state index is 0. The Morgan fingerprint density at radius 3 is 1.79 bits per heavy atom. The van der Waals surface area contributed by atoms with Gasteiger partial charge < -0.3 is 9.67 Å². The summed E-state index contributed by atoms with van der Waals surface area (Å²) in [5.41, 5.74) is 2.05. The molecular weight excluding hydrogens is 372 g/mol. The van der Waals surface area contributed by atoms with E-state index in [0.717, 1.165) is 11.3 Å². The van der Waals surface area contributed by atoms with Crippen LogP contribution in [0.4, 0.5) is 0 Å². The Kier molecular flexibility index (Phi) is 15.2. The Hall–Kier alpha value is -0.225. The predicted octanol–water partition coefficient (Wildman–Crippen LogP) is 1.42. The minimum absolute atomic E-state index is 0. The second kappa shape index (κ2) is 14.0. The molecule has 0 radical (unpaired) electrons. The van der Waals surface area contributed by atoms with Crippen molar-refractivity contribution in [2.24, 2.45) is 7.05 Å². The SMILES string of the molecule is CC.CC(C)c1cccc(=O)n1C.CC(C)c1ccccc1[O-].[Rb+]. The largest absolute Gasteiger partial charge is 1.00 e. The van der Waals surface area contributed by atoms with Crippen molar-refractivity contribution in [3.05, 3.63) is 64.1 Å². The number of hydrogen-bond acceptors (Lipinski definition) is 2. The van der Waals surface area contributed by atoms with Crippen LogP contribution < -0.4 is 68.9 Å². The van der Waals surface area contributed by atoms with Crippen LogP contribution in [0, 0.1) is 0 Å². The molecule has 0 unspecified atom stereocenters. The molecule has 0 saturated heterocycles. The van der Waals surface area contributed by atoms with Gasteiger partial charge in [0.2, 0.25) is 5.56 Å². The third-order valence-electron chi connectivity index (χ3n) is 3.36. The molecule has 24 heavy (non-hydrogen) atoms. The van der Waals surface area contributed by atoms with Gasteiger partial charge in [-0.1, -0.05) is 77.4 Å². The molecule has 0 aliphatic heterocycles. The Bertz CT molecular complexity index is 634. The summed E-state index contributed by atoms with van der Waals surface area (Å²) < 4.78 is 1.69. The fourth-order valence-electron chi connectivity index (χ4n) is 2.12. The van der Waals surface area contributed by atoms with E-state index in [0.29, 0.717) is 11.8 Å². The van der Waals surface area contributed by atoms with Gasteiger partial charge in [-0.15, -0.1) is 5.75 Å². The molecule has 0 saturated carbocycles. The van der Waals surface area contributed by atoms with Crippen LogP contribution in [0.15, 0.2) is 47.3 Å². The Morgan fingerprint density at radius 1 is 0.875 bits per heavy atom. The number of aromatic nitrogens is 1. The number of nitrogens with zero attached hydrogens (tertiary/aromatic N) is 1. The van der Waals surface area contributed by atoms with Crippen molar-refractivity contribution in [2.75, 3.05) is 0 Å². The van der Waals surface area contributed by atoms with Crippen LogP contribution in [0.1, 0.15) is 64.6 Å². The second-order valence-electron chi connectivity index (χ2n) is 5.70. The first-order valence-electron chi connectivity index (χ1n) is 8.26. The van der Waals surface area contributed by atoms with Gasteiger partial charge in [-0.3, -0.25) is 4.79 Å². The molecule has 0 fully saturated rings. The Balaban J connectivity index is 0. The zero-order valence-corrected chi connectivity index (χ0v) is 21.4. The molecule has 1 heterocycles. The van der Waals surface area contributed by atoms with Crippen LogP contribution in [-0.4, -0.2) is 4.57 Å². The van der Waals surface area contributed by atoms with E-state index in [1.54, 1.807) is 35.9 Å². The van der Waals surface area contributed by atoms with Crippen LogP contribution in [0.5, 0.6) is 5.75 Å². The van der Waals surface area contributed by atoms with Crippen molar-refractivity contribution in [2.45, 2.75) is 53.4 Å². The van der Waals surface area contributed by atoms with Crippen molar-refractivity contribution in [1.29, 1.82) is 0 Å². The first-order valence-corrected chi connectivity index (χ1v) is 8.26. The van der Waals surface area contributed by atoms with Gasteiger partial charge in [0.25, 0.3) is 0 Å². The third-order valence-corrected chi connectivity index (χ3v) is 3.36. The van der Waals surface area contributed by atoms with E-state index >= 15 is 0 Å². The van der Waals surface area contributed by atoms with E-state index in [1.807, 2.05) is 45.9 Å². The van der Waals surface area contributed by atoms with Crippen molar-refractivity contribution >= 4 is 0 Å². The average molecular weight is 402 g/mol. The van der Waals surface area contributed by atoms with Crippen molar-refractivity contribution in [3.8, 4) is 5.75 Å². The van der Waals surface area contributed by atoms with E-state index in [4.69, 9.17) is 0 Å².